The molecule has 0 unspecified atom stereocenters. The van der Waals surface area contributed by atoms with Gasteiger partial charge in [-0.2, -0.15) is 5.10 Å². The van der Waals surface area contributed by atoms with Crippen LogP contribution in [0.3, 0.4) is 0 Å². The second-order valence-electron chi connectivity index (χ2n) is 6.34. The number of benzene rings is 2. The molecular weight excluding hydrogens is 397 g/mol. The van der Waals surface area contributed by atoms with Gasteiger partial charge in [0.25, 0.3) is 5.91 Å². The van der Waals surface area contributed by atoms with Crippen LogP contribution in [0.4, 0.5) is 0 Å². The highest BCUT2D eigenvalue weighted by atomic mass is 35.5. The second-order valence-corrected chi connectivity index (χ2v) is 7.15. The number of ether oxygens (including phenoxy) is 1. The number of carbonyl (C=O) groups is 1. The van der Waals surface area contributed by atoms with Gasteiger partial charge in [0.05, 0.1) is 28.5 Å². The fourth-order valence-corrected chi connectivity index (χ4v) is 3.24. The zero-order valence-electron chi connectivity index (χ0n) is 15.7. The lowest BCUT2D eigenvalue weighted by atomic mass is 10.1. The molecule has 0 aliphatic carbocycles. The van der Waals surface area contributed by atoms with E-state index < -0.39 is 0 Å². The molecule has 3 aromatic rings. The molecule has 0 N–H and O–H groups in total. The van der Waals surface area contributed by atoms with Gasteiger partial charge in [-0.25, -0.2) is 0 Å². The molecule has 0 fully saturated rings. The number of hydrogen-bond donors (Lipinski definition) is 0. The van der Waals surface area contributed by atoms with Gasteiger partial charge in [-0.15, -0.1) is 0 Å². The molecule has 0 saturated heterocycles. The van der Waals surface area contributed by atoms with E-state index >= 15 is 0 Å². The Labute approximate surface area is 174 Å². The van der Waals surface area contributed by atoms with Gasteiger partial charge in [-0.1, -0.05) is 47.5 Å². The molecule has 0 bridgehead atoms. The molecule has 0 atom stereocenters. The van der Waals surface area contributed by atoms with Gasteiger partial charge in [-0.3, -0.25) is 9.48 Å². The second kappa shape index (κ2) is 9.13. The highest BCUT2D eigenvalue weighted by molar-refractivity contribution is 6.32. The fraction of sp³-hybridized carbons (Fsp3) is 0.238. The van der Waals surface area contributed by atoms with E-state index in [9.17, 15) is 4.79 Å². The summed E-state index contributed by atoms with van der Waals surface area (Å²) < 4.78 is 7.56. The molecule has 7 heteroatoms. The van der Waals surface area contributed by atoms with Crippen molar-refractivity contribution in [3.63, 3.8) is 0 Å². The predicted octanol–water partition coefficient (Wildman–Crippen LogP) is 5.06. The Morgan fingerprint density at radius 1 is 1.14 bits per heavy atom. The fourth-order valence-electron chi connectivity index (χ4n) is 2.85. The normalized spacial score (nSPS) is 10.7. The SMILES string of the molecule is CCn1ncc(Cl)c1CN(C)C(=O)c1cccc(COc2ccccc2Cl)c1. The number of carbonyl (C=O) groups excluding carboxylic acids is 1. The van der Waals surface area contributed by atoms with E-state index in [1.165, 1.54) is 0 Å². The van der Waals surface area contributed by atoms with Gasteiger partial charge in [0, 0.05) is 19.2 Å². The molecule has 28 heavy (non-hydrogen) atoms. The minimum Gasteiger partial charge on any atom is -0.487 e. The van der Waals surface area contributed by atoms with E-state index in [0.29, 0.717) is 41.1 Å². The van der Waals surface area contributed by atoms with Crippen molar-refractivity contribution in [1.82, 2.24) is 14.7 Å². The molecule has 2 aromatic carbocycles. The van der Waals surface area contributed by atoms with E-state index in [4.69, 9.17) is 27.9 Å². The van der Waals surface area contributed by atoms with Gasteiger partial charge >= 0.3 is 0 Å². The maximum Gasteiger partial charge on any atom is 0.253 e. The Morgan fingerprint density at radius 2 is 1.93 bits per heavy atom. The first kappa shape index (κ1) is 20.2. The standard InChI is InChI=1S/C21H21Cl2N3O2/c1-3-26-19(18(23)12-24-26)13-25(2)21(27)16-8-6-7-15(11-16)14-28-20-10-5-4-9-17(20)22/h4-12H,3,13-14H2,1-2H3. The number of nitrogens with zero attached hydrogens (tertiary/aromatic N) is 3. The van der Waals surface area contributed by atoms with Crippen molar-refractivity contribution in [2.24, 2.45) is 0 Å². The van der Waals surface area contributed by atoms with Gasteiger partial charge in [0.15, 0.2) is 0 Å². The number of hydrogen-bond acceptors (Lipinski definition) is 3. The molecule has 0 spiro atoms. The Morgan fingerprint density at radius 3 is 2.68 bits per heavy atom. The minimum absolute atomic E-state index is 0.0977. The van der Waals surface area contributed by atoms with Crippen LogP contribution < -0.4 is 4.74 Å². The van der Waals surface area contributed by atoms with Crippen molar-refractivity contribution >= 4 is 29.1 Å². The number of aryl methyl sites for hydroxylation is 1. The lowest BCUT2D eigenvalue weighted by Crippen LogP contribution is -2.27. The number of amides is 1. The van der Waals surface area contributed by atoms with Crippen LogP contribution >= 0.6 is 23.2 Å². The van der Waals surface area contributed by atoms with E-state index in [1.54, 1.807) is 35.0 Å². The molecule has 0 aliphatic heterocycles. The van der Waals surface area contributed by atoms with Gasteiger partial charge < -0.3 is 9.64 Å². The molecule has 0 saturated carbocycles. The van der Waals surface area contributed by atoms with Crippen LogP contribution in [-0.2, 0) is 19.7 Å². The first-order valence-electron chi connectivity index (χ1n) is 8.91. The average molecular weight is 418 g/mol. The third-order valence-electron chi connectivity index (χ3n) is 4.34. The summed E-state index contributed by atoms with van der Waals surface area (Å²) in [4.78, 5) is 14.5. The summed E-state index contributed by atoms with van der Waals surface area (Å²) in [6.07, 6.45) is 1.60. The number of rotatable bonds is 7. The van der Waals surface area contributed by atoms with Crippen molar-refractivity contribution in [3.8, 4) is 5.75 Å². The summed E-state index contributed by atoms with van der Waals surface area (Å²) in [5.41, 5.74) is 2.29. The van der Waals surface area contributed by atoms with E-state index in [-0.39, 0.29) is 5.91 Å². The quantitative estimate of drug-likeness (QED) is 0.539. The molecule has 5 nitrogen and oxygen atoms in total. The van der Waals surface area contributed by atoms with Crippen molar-refractivity contribution in [2.75, 3.05) is 7.05 Å². The van der Waals surface area contributed by atoms with Crippen LogP contribution in [0.15, 0.2) is 54.7 Å². The van der Waals surface area contributed by atoms with Crippen LogP contribution in [0.1, 0.15) is 28.5 Å². The van der Waals surface area contributed by atoms with E-state index in [1.807, 2.05) is 43.3 Å². The third kappa shape index (κ3) is 4.66. The summed E-state index contributed by atoms with van der Waals surface area (Å²) in [6, 6.07) is 14.7. The summed E-state index contributed by atoms with van der Waals surface area (Å²) in [6.45, 7) is 3.38. The van der Waals surface area contributed by atoms with Crippen molar-refractivity contribution in [3.05, 3.63) is 81.6 Å². The Hall–Kier alpha value is -2.50. The van der Waals surface area contributed by atoms with Gasteiger partial charge in [-0.05, 0) is 36.8 Å². The number of aromatic nitrogens is 2. The first-order valence-corrected chi connectivity index (χ1v) is 9.67. The van der Waals surface area contributed by atoms with Gasteiger partial charge in [0.1, 0.15) is 12.4 Å². The van der Waals surface area contributed by atoms with Crippen molar-refractivity contribution in [1.29, 1.82) is 0 Å². The van der Waals surface area contributed by atoms with Crippen LogP contribution in [0.5, 0.6) is 5.75 Å². The minimum atomic E-state index is -0.0977. The van der Waals surface area contributed by atoms with E-state index in [0.717, 1.165) is 11.3 Å². The highest BCUT2D eigenvalue weighted by Gasteiger charge is 2.17. The van der Waals surface area contributed by atoms with Crippen LogP contribution in [0, 0.1) is 0 Å². The molecule has 1 amide bonds. The van der Waals surface area contributed by atoms with Crippen LogP contribution in [-0.4, -0.2) is 27.6 Å². The monoisotopic (exact) mass is 417 g/mol. The predicted molar refractivity (Wildman–Crippen MR) is 111 cm³/mol. The summed E-state index contributed by atoms with van der Waals surface area (Å²) in [7, 11) is 1.75. The first-order chi connectivity index (χ1) is 13.5. The Kier molecular flexibility index (Phi) is 6.60. The van der Waals surface area contributed by atoms with Gasteiger partial charge in [0.2, 0.25) is 0 Å². The smallest absolute Gasteiger partial charge is 0.253 e. The maximum absolute atomic E-state index is 12.9. The molecule has 1 heterocycles. The Bertz CT molecular complexity index is 972. The highest BCUT2D eigenvalue weighted by Crippen LogP contribution is 2.24. The van der Waals surface area contributed by atoms with Crippen molar-refractivity contribution < 1.29 is 9.53 Å². The lowest BCUT2D eigenvalue weighted by Gasteiger charge is -2.18. The lowest BCUT2D eigenvalue weighted by molar-refractivity contribution is 0.0781. The molecule has 0 radical (unpaired) electrons. The maximum atomic E-state index is 12.9. The average Bonchev–Trinajstić information content (AvgIpc) is 3.06. The zero-order chi connectivity index (χ0) is 20.1. The van der Waals surface area contributed by atoms with E-state index in [2.05, 4.69) is 5.10 Å². The molecule has 3 rings (SSSR count). The molecule has 146 valence electrons. The summed E-state index contributed by atoms with van der Waals surface area (Å²) in [5, 5.41) is 5.33. The summed E-state index contributed by atoms with van der Waals surface area (Å²) >= 11 is 12.3. The number of halogens is 2. The number of para-hydroxylation sites is 1. The van der Waals surface area contributed by atoms with Crippen molar-refractivity contribution in [2.45, 2.75) is 26.6 Å². The third-order valence-corrected chi connectivity index (χ3v) is 4.96. The van der Waals surface area contributed by atoms with Crippen LogP contribution in [0.2, 0.25) is 10.0 Å². The topological polar surface area (TPSA) is 47.4 Å². The molecular formula is C21H21Cl2N3O2. The molecule has 1 aromatic heterocycles. The van der Waals surface area contributed by atoms with Crippen LogP contribution in [0.25, 0.3) is 0 Å². The molecule has 0 aliphatic rings. The summed E-state index contributed by atoms with van der Waals surface area (Å²) in [5.74, 6) is 0.514. The Balaban J connectivity index is 1.69. The largest absolute Gasteiger partial charge is 0.487 e. The zero-order valence-corrected chi connectivity index (χ0v) is 17.2.